The van der Waals surface area contributed by atoms with Crippen molar-refractivity contribution in [1.82, 2.24) is 9.88 Å². The minimum absolute atomic E-state index is 0.230. The second kappa shape index (κ2) is 7.46. The Morgan fingerprint density at radius 3 is 2.50 bits per heavy atom. The number of aromatic hydroxyl groups is 1. The predicted molar refractivity (Wildman–Crippen MR) is 111 cm³/mol. The first-order valence-electron chi connectivity index (χ1n) is 7.98. The van der Waals surface area contributed by atoms with E-state index in [0.717, 1.165) is 11.3 Å². The average molecular weight is 440 g/mol. The summed E-state index contributed by atoms with van der Waals surface area (Å²) in [4.78, 5) is 42.0. The fourth-order valence-corrected chi connectivity index (χ4v) is 4.19. The van der Waals surface area contributed by atoms with Gasteiger partial charge in [0.2, 0.25) is 0 Å². The molecule has 3 aromatic rings. The van der Waals surface area contributed by atoms with Crippen LogP contribution in [0, 0.1) is 6.92 Å². The lowest BCUT2D eigenvalue weighted by Gasteiger charge is -2.09. The van der Waals surface area contributed by atoms with Crippen molar-refractivity contribution in [3.05, 3.63) is 54.6 Å². The molecule has 0 radical (unpaired) electrons. The van der Waals surface area contributed by atoms with Crippen molar-refractivity contribution in [2.75, 3.05) is 19.4 Å². The van der Waals surface area contributed by atoms with Crippen LogP contribution in [0.25, 0.3) is 10.2 Å². The molecule has 0 atom stereocenters. The molecule has 28 heavy (non-hydrogen) atoms. The molecule has 2 amide bonds. The number of amides is 2. The van der Waals surface area contributed by atoms with Crippen LogP contribution in [-0.2, 0) is 0 Å². The molecule has 0 spiro atoms. The van der Waals surface area contributed by atoms with Gasteiger partial charge in [-0.3, -0.25) is 14.4 Å². The van der Waals surface area contributed by atoms with Gasteiger partial charge in [0.1, 0.15) is 16.1 Å². The highest BCUT2D eigenvalue weighted by Gasteiger charge is 2.25. The van der Waals surface area contributed by atoms with Gasteiger partial charge in [0, 0.05) is 19.8 Å². The molecule has 0 aliphatic rings. The van der Waals surface area contributed by atoms with Crippen LogP contribution < -0.4 is 10.9 Å². The molecule has 146 valence electrons. The maximum atomic E-state index is 12.6. The molecule has 3 rings (SSSR count). The number of aromatic amines is 1. The molecule has 0 saturated heterocycles. The highest BCUT2D eigenvalue weighted by molar-refractivity contribution is 7.20. The van der Waals surface area contributed by atoms with E-state index < -0.39 is 22.8 Å². The molecule has 2 aromatic heterocycles. The molecule has 0 fully saturated rings. The molecule has 1 aromatic carbocycles. The van der Waals surface area contributed by atoms with E-state index in [1.165, 1.54) is 23.1 Å². The normalized spacial score (nSPS) is 10.9. The van der Waals surface area contributed by atoms with Gasteiger partial charge < -0.3 is 20.3 Å². The zero-order valence-electron chi connectivity index (χ0n) is 15.0. The number of hydrogen-bond acceptors (Lipinski definition) is 5. The van der Waals surface area contributed by atoms with Crippen molar-refractivity contribution in [2.45, 2.75) is 6.92 Å². The summed E-state index contributed by atoms with van der Waals surface area (Å²) in [6, 6.07) is 4.43. The van der Waals surface area contributed by atoms with Crippen LogP contribution in [0.2, 0.25) is 10.0 Å². The number of halogens is 2. The van der Waals surface area contributed by atoms with E-state index in [9.17, 15) is 19.5 Å². The van der Waals surface area contributed by atoms with E-state index in [2.05, 4.69) is 10.3 Å². The van der Waals surface area contributed by atoms with E-state index in [-0.39, 0.29) is 16.3 Å². The second-order valence-corrected chi connectivity index (χ2v) is 8.06. The largest absolute Gasteiger partial charge is 0.506 e. The fourth-order valence-electron chi connectivity index (χ4n) is 2.67. The molecule has 0 unspecified atom stereocenters. The third-order valence-corrected chi connectivity index (χ3v) is 6.01. The lowest BCUT2D eigenvalue weighted by molar-refractivity contribution is 0.0831. The number of anilines is 1. The highest BCUT2D eigenvalue weighted by atomic mass is 35.5. The Balaban J connectivity index is 2.09. The smallest absolute Gasteiger partial charge is 0.265 e. The van der Waals surface area contributed by atoms with Crippen LogP contribution >= 0.6 is 34.5 Å². The molecule has 3 N–H and O–H groups in total. The van der Waals surface area contributed by atoms with Crippen LogP contribution in [0.5, 0.6) is 5.75 Å². The summed E-state index contributed by atoms with van der Waals surface area (Å²) in [5.74, 6) is -1.56. The maximum Gasteiger partial charge on any atom is 0.265 e. The van der Waals surface area contributed by atoms with Gasteiger partial charge in [-0.25, -0.2) is 0 Å². The number of pyridine rings is 1. The zero-order chi connectivity index (χ0) is 20.7. The number of aryl methyl sites for hydroxylation is 1. The average Bonchev–Trinajstić information content (AvgIpc) is 2.93. The molecule has 0 saturated carbocycles. The number of nitrogens with one attached hydrogen (secondary N) is 2. The van der Waals surface area contributed by atoms with Crippen molar-refractivity contribution in [1.29, 1.82) is 0 Å². The van der Waals surface area contributed by atoms with Crippen molar-refractivity contribution < 1.29 is 14.7 Å². The van der Waals surface area contributed by atoms with Crippen molar-refractivity contribution >= 4 is 62.3 Å². The summed E-state index contributed by atoms with van der Waals surface area (Å²) in [5, 5.41) is 14.0. The van der Waals surface area contributed by atoms with E-state index >= 15 is 0 Å². The Morgan fingerprint density at radius 1 is 1.21 bits per heavy atom. The maximum absolute atomic E-state index is 12.6. The molecular formula is C18H15Cl2N3O4S. The second-order valence-electron chi connectivity index (χ2n) is 6.22. The van der Waals surface area contributed by atoms with Gasteiger partial charge in [-0.2, -0.15) is 0 Å². The first-order chi connectivity index (χ1) is 13.1. The van der Waals surface area contributed by atoms with E-state index in [4.69, 9.17) is 23.2 Å². The quantitative estimate of drug-likeness (QED) is 0.576. The Kier molecular flexibility index (Phi) is 5.38. The van der Waals surface area contributed by atoms with E-state index in [1.54, 1.807) is 21.0 Å². The SMILES string of the molecule is Cc1c(C(=O)N(C)C)sc2[nH]c(=O)c(C(=O)Nc3ccc(Cl)c(Cl)c3)c(O)c12. The molecule has 2 heterocycles. The van der Waals surface area contributed by atoms with Gasteiger partial charge >= 0.3 is 0 Å². The van der Waals surface area contributed by atoms with Crippen molar-refractivity contribution in [3.63, 3.8) is 0 Å². The number of fused-ring (bicyclic) bond motifs is 1. The lowest BCUT2D eigenvalue weighted by Crippen LogP contribution is -2.23. The lowest BCUT2D eigenvalue weighted by atomic mass is 10.1. The number of benzene rings is 1. The standard InChI is InChI=1S/C18H15Cl2N3O4S/c1-7-11-13(24)12(15(25)21-8-4-5-9(19)10(20)6-8)16(26)22-17(11)28-14(7)18(27)23(2)3/h4-6H,1-3H3,(H,21,25)(H2,22,24,26). The Labute approximate surface area is 173 Å². The first kappa shape index (κ1) is 20.2. The fraction of sp³-hybridized carbons (Fsp3) is 0.167. The predicted octanol–water partition coefficient (Wildman–Crippen LogP) is 3.86. The zero-order valence-corrected chi connectivity index (χ0v) is 17.3. The number of hydrogen-bond donors (Lipinski definition) is 3. The van der Waals surface area contributed by atoms with Crippen LogP contribution in [0.15, 0.2) is 23.0 Å². The number of nitrogens with zero attached hydrogens (tertiary/aromatic N) is 1. The minimum Gasteiger partial charge on any atom is -0.506 e. The summed E-state index contributed by atoms with van der Waals surface area (Å²) >= 11 is 12.8. The van der Waals surface area contributed by atoms with Gasteiger partial charge in [0.25, 0.3) is 17.4 Å². The number of H-pyrrole nitrogens is 1. The topological polar surface area (TPSA) is 103 Å². The third-order valence-electron chi connectivity index (χ3n) is 4.08. The van der Waals surface area contributed by atoms with Crippen LogP contribution in [0.3, 0.4) is 0 Å². The molecule has 0 aliphatic carbocycles. The summed E-state index contributed by atoms with van der Waals surface area (Å²) in [6.45, 7) is 1.65. The van der Waals surface area contributed by atoms with Crippen molar-refractivity contribution in [3.8, 4) is 5.75 Å². The summed E-state index contributed by atoms with van der Waals surface area (Å²) in [6.07, 6.45) is 0. The first-order valence-corrected chi connectivity index (χ1v) is 9.55. The van der Waals surface area contributed by atoms with Gasteiger partial charge in [0.15, 0.2) is 0 Å². The number of aromatic nitrogens is 1. The van der Waals surface area contributed by atoms with Gasteiger partial charge in [-0.1, -0.05) is 23.2 Å². The highest BCUT2D eigenvalue weighted by Crippen LogP contribution is 2.36. The number of carbonyl (C=O) groups is 2. The summed E-state index contributed by atoms with van der Waals surface area (Å²) < 4.78 is 0. The van der Waals surface area contributed by atoms with Gasteiger partial charge in [-0.15, -0.1) is 11.3 Å². The van der Waals surface area contributed by atoms with E-state index in [1.807, 2.05) is 0 Å². The molecule has 7 nitrogen and oxygen atoms in total. The van der Waals surface area contributed by atoms with Crippen LogP contribution in [0.4, 0.5) is 5.69 Å². The minimum atomic E-state index is -0.815. The molecule has 0 bridgehead atoms. The number of thiophene rings is 1. The summed E-state index contributed by atoms with van der Waals surface area (Å²) in [5.41, 5.74) is -0.434. The number of rotatable bonds is 3. The molecule has 10 heteroatoms. The summed E-state index contributed by atoms with van der Waals surface area (Å²) in [7, 11) is 3.20. The van der Waals surface area contributed by atoms with Crippen molar-refractivity contribution in [2.24, 2.45) is 0 Å². The van der Waals surface area contributed by atoms with Gasteiger partial charge in [0.05, 0.1) is 20.3 Å². The Morgan fingerprint density at radius 2 is 1.89 bits per heavy atom. The molecule has 0 aliphatic heterocycles. The third kappa shape index (κ3) is 3.46. The van der Waals surface area contributed by atoms with Crippen LogP contribution in [0.1, 0.15) is 25.6 Å². The van der Waals surface area contributed by atoms with Gasteiger partial charge in [-0.05, 0) is 30.7 Å². The molecular weight excluding hydrogens is 425 g/mol. The van der Waals surface area contributed by atoms with Crippen LogP contribution in [-0.4, -0.2) is 40.9 Å². The monoisotopic (exact) mass is 439 g/mol. The number of carbonyl (C=O) groups excluding carboxylic acids is 2. The van der Waals surface area contributed by atoms with E-state index in [0.29, 0.717) is 26.0 Å². The Bertz CT molecular complexity index is 1180. The Hall–Kier alpha value is -2.55.